The lowest BCUT2D eigenvalue weighted by Gasteiger charge is -2.23. The Bertz CT molecular complexity index is 871. The van der Waals surface area contributed by atoms with Gasteiger partial charge in [0.05, 0.1) is 11.1 Å². The number of aryl methyl sites for hydroxylation is 1. The van der Waals surface area contributed by atoms with Crippen LogP contribution in [0.4, 0.5) is 5.69 Å². The number of carbonyl (C=O) groups excluding carboxylic acids is 1. The molecule has 3 rings (SSSR count). The van der Waals surface area contributed by atoms with Crippen molar-refractivity contribution in [2.75, 3.05) is 0 Å². The van der Waals surface area contributed by atoms with Crippen LogP contribution in [0, 0.1) is 17.0 Å². The van der Waals surface area contributed by atoms with E-state index in [9.17, 15) is 19.7 Å². The molecule has 25 heavy (non-hydrogen) atoms. The zero-order valence-corrected chi connectivity index (χ0v) is 13.9. The Hall–Kier alpha value is -2.96. The lowest BCUT2D eigenvalue weighted by molar-refractivity contribution is -0.385. The van der Waals surface area contributed by atoms with Crippen molar-refractivity contribution < 1.29 is 9.72 Å². The van der Waals surface area contributed by atoms with Gasteiger partial charge in [0.1, 0.15) is 6.54 Å². The number of amides is 1. The number of aromatic nitrogens is 1. The maximum absolute atomic E-state index is 12.7. The summed E-state index contributed by atoms with van der Waals surface area (Å²) in [6.07, 6.45) is 3.01. The van der Waals surface area contributed by atoms with Crippen molar-refractivity contribution in [1.82, 2.24) is 9.47 Å². The first kappa shape index (κ1) is 16.9. The molecule has 7 nitrogen and oxygen atoms in total. The van der Waals surface area contributed by atoms with Crippen molar-refractivity contribution in [3.63, 3.8) is 0 Å². The molecule has 1 fully saturated rings. The first-order valence-corrected chi connectivity index (χ1v) is 8.14. The molecular formula is C18H19N3O4. The number of nitrogens with zero attached hydrogens (tertiary/aromatic N) is 3. The second-order valence-electron chi connectivity index (χ2n) is 6.35. The maximum atomic E-state index is 12.7. The van der Waals surface area contributed by atoms with Gasteiger partial charge in [-0.2, -0.15) is 0 Å². The fourth-order valence-electron chi connectivity index (χ4n) is 2.80. The third-order valence-corrected chi connectivity index (χ3v) is 4.23. The fourth-order valence-corrected chi connectivity index (χ4v) is 2.80. The van der Waals surface area contributed by atoms with Crippen LogP contribution in [-0.4, -0.2) is 26.3 Å². The largest absolute Gasteiger partial charge is 0.334 e. The normalized spacial score (nSPS) is 13.5. The Balaban J connectivity index is 1.79. The summed E-state index contributed by atoms with van der Waals surface area (Å²) in [5.74, 6) is -0.202. The monoisotopic (exact) mass is 341 g/mol. The number of benzene rings is 1. The van der Waals surface area contributed by atoms with Crippen LogP contribution >= 0.6 is 0 Å². The van der Waals surface area contributed by atoms with Crippen molar-refractivity contribution in [1.29, 1.82) is 0 Å². The molecule has 0 unspecified atom stereocenters. The number of hydrogen-bond acceptors (Lipinski definition) is 4. The average Bonchev–Trinajstić information content (AvgIpc) is 3.39. The summed E-state index contributed by atoms with van der Waals surface area (Å²) in [4.78, 5) is 36.7. The van der Waals surface area contributed by atoms with Crippen LogP contribution in [0.25, 0.3) is 0 Å². The van der Waals surface area contributed by atoms with Gasteiger partial charge in [0.15, 0.2) is 0 Å². The Morgan fingerprint density at radius 1 is 1.32 bits per heavy atom. The molecular weight excluding hydrogens is 322 g/mol. The number of pyridine rings is 1. The fraction of sp³-hybridized carbons (Fsp3) is 0.333. The predicted molar refractivity (Wildman–Crippen MR) is 92.1 cm³/mol. The van der Waals surface area contributed by atoms with Gasteiger partial charge in [-0.25, -0.2) is 0 Å². The second-order valence-corrected chi connectivity index (χ2v) is 6.35. The van der Waals surface area contributed by atoms with Crippen LogP contribution in [0.2, 0.25) is 0 Å². The highest BCUT2D eigenvalue weighted by molar-refractivity contribution is 5.76. The van der Waals surface area contributed by atoms with Gasteiger partial charge in [-0.3, -0.25) is 24.3 Å². The van der Waals surface area contributed by atoms with Crippen LogP contribution in [0.3, 0.4) is 0 Å². The van der Waals surface area contributed by atoms with E-state index >= 15 is 0 Å². The molecule has 0 spiro atoms. The summed E-state index contributed by atoms with van der Waals surface area (Å²) in [6, 6.07) is 10.4. The Kier molecular flexibility index (Phi) is 4.65. The van der Waals surface area contributed by atoms with Crippen molar-refractivity contribution in [3.8, 4) is 0 Å². The van der Waals surface area contributed by atoms with Crippen molar-refractivity contribution in [2.24, 2.45) is 0 Å². The smallest absolute Gasteiger partial charge is 0.285 e. The van der Waals surface area contributed by atoms with Gasteiger partial charge in [-0.05, 0) is 25.3 Å². The lowest BCUT2D eigenvalue weighted by atomic mass is 10.1. The van der Waals surface area contributed by atoms with E-state index in [1.165, 1.54) is 0 Å². The molecule has 1 aromatic heterocycles. The third-order valence-electron chi connectivity index (χ3n) is 4.23. The van der Waals surface area contributed by atoms with Crippen LogP contribution < -0.4 is 5.56 Å². The summed E-state index contributed by atoms with van der Waals surface area (Å²) in [6.45, 7) is 2.28. The Morgan fingerprint density at radius 2 is 2.08 bits per heavy atom. The average molecular weight is 341 g/mol. The first-order chi connectivity index (χ1) is 11.9. The predicted octanol–water partition coefficient (Wildman–Crippen LogP) is 2.26. The van der Waals surface area contributed by atoms with Gasteiger partial charge in [-0.1, -0.05) is 29.8 Å². The minimum Gasteiger partial charge on any atom is -0.334 e. The summed E-state index contributed by atoms with van der Waals surface area (Å²) >= 11 is 0. The quantitative estimate of drug-likeness (QED) is 0.596. The van der Waals surface area contributed by atoms with E-state index in [4.69, 9.17) is 0 Å². The van der Waals surface area contributed by atoms with Crippen LogP contribution in [0.15, 0.2) is 47.4 Å². The third kappa shape index (κ3) is 4.12. The van der Waals surface area contributed by atoms with E-state index in [-0.39, 0.29) is 24.2 Å². The first-order valence-electron chi connectivity index (χ1n) is 8.14. The van der Waals surface area contributed by atoms with Crippen molar-refractivity contribution >= 4 is 11.6 Å². The topological polar surface area (TPSA) is 85.4 Å². The molecule has 0 bridgehead atoms. The van der Waals surface area contributed by atoms with Gasteiger partial charge < -0.3 is 4.90 Å². The molecule has 0 N–H and O–H groups in total. The molecule has 1 aromatic carbocycles. The number of carbonyl (C=O) groups is 1. The van der Waals surface area contributed by atoms with Gasteiger partial charge in [0, 0.05) is 24.7 Å². The van der Waals surface area contributed by atoms with Gasteiger partial charge in [-0.15, -0.1) is 0 Å². The van der Waals surface area contributed by atoms with Crippen molar-refractivity contribution in [2.45, 2.75) is 38.9 Å². The summed E-state index contributed by atoms with van der Waals surface area (Å²) in [5, 5.41) is 10.9. The molecule has 0 radical (unpaired) electrons. The zero-order valence-electron chi connectivity index (χ0n) is 13.9. The van der Waals surface area contributed by atoms with Gasteiger partial charge >= 0.3 is 0 Å². The highest BCUT2D eigenvalue weighted by atomic mass is 16.6. The molecule has 0 aliphatic heterocycles. The van der Waals surface area contributed by atoms with E-state index in [0.717, 1.165) is 46.9 Å². The van der Waals surface area contributed by atoms with E-state index in [1.54, 1.807) is 4.90 Å². The van der Waals surface area contributed by atoms with E-state index < -0.39 is 10.5 Å². The summed E-state index contributed by atoms with van der Waals surface area (Å²) in [7, 11) is 0. The van der Waals surface area contributed by atoms with Crippen LogP contribution in [-0.2, 0) is 17.9 Å². The molecule has 130 valence electrons. The minimum atomic E-state index is -0.578. The molecule has 0 saturated heterocycles. The van der Waals surface area contributed by atoms with Gasteiger partial charge in [0.25, 0.3) is 11.2 Å². The highest BCUT2D eigenvalue weighted by Gasteiger charge is 2.32. The number of rotatable bonds is 6. The molecule has 1 saturated carbocycles. The standard InChI is InChI=1S/C18H19N3O4/c1-13-3-2-4-14(9-13)10-20(15-5-6-15)18(23)12-19-11-16(21(24)25)7-8-17(19)22/h2-4,7-9,11,15H,5-6,10,12H2,1H3. The van der Waals surface area contributed by atoms with Crippen LogP contribution in [0.5, 0.6) is 0 Å². The number of nitro groups is 1. The number of hydrogen-bond donors (Lipinski definition) is 0. The molecule has 7 heteroatoms. The second kappa shape index (κ2) is 6.88. The van der Waals surface area contributed by atoms with Crippen molar-refractivity contribution in [3.05, 3.63) is 74.2 Å². The molecule has 1 aliphatic carbocycles. The minimum absolute atomic E-state index is 0.183. The molecule has 0 atom stereocenters. The molecule has 2 aromatic rings. The summed E-state index contributed by atoms with van der Waals surface area (Å²) < 4.78 is 1.10. The van der Waals surface area contributed by atoms with E-state index in [2.05, 4.69) is 0 Å². The lowest BCUT2D eigenvalue weighted by Crippen LogP contribution is -2.37. The highest BCUT2D eigenvalue weighted by Crippen LogP contribution is 2.28. The molecule has 1 heterocycles. The molecule has 1 amide bonds. The molecule has 1 aliphatic rings. The van der Waals surface area contributed by atoms with E-state index in [1.807, 2.05) is 31.2 Å². The Labute approximate surface area is 144 Å². The van der Waals surface area contributed by atoms with Crippen LogP contribution in [0.1, 0.15) is 24.0 Å². The van der Waals surface area contributed by atoms with Gasteiger partial charge in [0.2, 0.25) is 5.91 Å². The Morgan fingerprint density at radius 3 is 2.72 bits per heavy atom. The zero-order chi connectivity index (χ0) is 18.0. The summed E-state index contributed by atoms with van der Waals surface area (Å²) in [5.41, 5.74) is 1.52. The van der Waals surface area contributed by atoms with E-state index in [0.29, 0.717) is 6.54 Å². The maximum Gasteiger partial charge on any atom is 0.285 e. The SMILES string of the molecule is Cc1cccc(CN(C(=O)Cn2cc([N+](=O)[O-])ccc2=O)C2CC2)c1.